The van der Waals surface area contributed by atoms with E-state index in [1.807, 2.05) is 12.1 Å². The smallest absolute Gasteiger partial charge is 0.233 e. The van der Waals surface area contributed by atoms with Crippen LogP contribution < -0.4 is 4.74 Å². The number of alkyl halides is 1. The summed E-state index contributed by atoms with van der Waals surface area (Å²) in [5.74, 6) is 0.466. The summed E-state index contributed by atoms with van der Waals surface area (Å²) < 4.78 is 19.6. The fourth-order valence-corrected chi connectivity index (χ4v) is 4.10. The standard InChI is InChI=1S/C21H21FN2O2S/c1-13-10-15(12-27-13)14-6-7-16(19(25)11-14)18-8-9-21(24-23-18)26-20-5-3-2-4-17(20)22/h6-12,17,20,25H,2-5H2,1H3/t17-,20+/m1/s1. The molecular weight excluding hydrogens is 363 g/mol. The second kappa shape index (κ2) is 7.64. The van der Waals surface area contributed by atoms with Crippen molar-refractivity contribution in [3.63, 3.8) is 0 Å². The molecule has 140 valence electrons. The number of aryl methyl sites for hydroxylation is 1. The topological polar surface area (TPSA) is 55.2 Å². The summed E-state index contributed by atoms with van der Waals surface area (Å²) in [5.41, 5.74) is 3.20. The van der Waals surface area contributed by atoms with Gasteiger partial charge < -0.3 is 9.84 Å². The van der Waals surface area contributed by atoms with Gasteiger partial charge in [-0.1, -0.05) is 12.5 Å². The lowest BCUT2D eigenvalue weighted by atomic mass is 9.96. The molecule has 6 heteroatoms. The number of phenolic OH excluding ortho intramolecular Hbond substituents is 1. The molecule has 1 aliphatic rings. The molecule has 0 spiro atoms. The Morgan fingerprint density at radius 2 is 1.93 bits per heavy atom. The number of aromatic hydroxyl groups is 1. The summed E-state index contributed by atoms with van der Waals surface area (Å²) >= 11 is 1.68. The van der Waals surface area contributed by atoms with Crippen LogP contribution in [0.3, 0.4) is 0 Å². The molecule has 0 radical (unpaired) electrons. The van der Waals surface area contributed by atoms with Gasteiger partial charge in [-0.2, -0.15) is 0 Å². The van der Waals surface area contributed by atoms with Gasteiger partial charge in [0.15, 0.2) is 0 Å². The van der Waals surface area contributed by atoms with Gasteiger partial charge in [-0.15, -0.1) is 21.5 Å². The van der Waals surface area contributed by atoms with Gasteiger partial charge in [0.2, 0.25) is 5.88 Å². The molecule has 2 heterocycles. The first-order chi connectivity index (χ1) is 13.1. The highest BCUT2D eigenvalue weighted by molar-refractivity contribution is 7.10. The average Bonchev–Trinajstić information content (AvgIpc) is 3.11. The zero-order valence-electron chi connectivity index (χ0n) is 15.1. The summed E-state index contributed by atoms with van der Waals surface area (Å²) in [6, 6.07) is 11.0. The van der Waals surface area contributed by atoms with Crippen LogP contribution >= 0.6 is 11.3 Å². The Balaban J connectivity index is 1.51. The number of hydrogen-bond donors (Lipinski definition) is 1. The van der Waals surface area contributed by atoms with Crippen LogP contribution in [0.25, 0.3) is 22.4 Å². The van der Waals surface area contributed by atoms with Crippen molar-refractivity contribution in [1.29, 1.82) is 0 Å². The number of ether oxygens (including phenoxy) is 1. The first kappa shape index (κ1) is 17.9. The molecule has 3 aromatic rings. The van der Waals surface area contributed by atoms with Crippen molar-refractivity contribution in [2.24, 2.45) is 0 Å². The maximum atomic E-state index is 13.9. The minimum absolute atomic E-state index is 0.149. The summed E-state index contributed by atoms with van der Waals surface area (Å²) in [4.78, 5) is 1.23. The fourth-order valence-electron chi connectivity index (χ4n) is 3.39. The molecule has 2 aromatic heterocycles. The first-order valence-corrected chi connectivity index (χ1v) is 10.0. The molecule has 27 heavy (non-hydrogen) atoms. The van der Waals surface area contributed by atoms with Crippen molar-refractivity contribution in [1.82, 2.24) is 10.2 Å². The average molecular weight is 384 g/mol. The molecule has 1 aliphatic carbocycles. The van der Waals surface area contributed by atoms with Gasteiger partial charge >= 0.3 is 0 Å². The van der Waals surface area contributed by atoms with E-state index in [2.05, 4.69) is 28.6 Å². The maximum Gasteiger partial charge on any atom is 0.233 e. The van der Waals surface area contributed by atoms with Gasteiger partial charge in [0.25, 0.3) is 0 Å². The van der Waals surface area contributed by atoms with E-state index in [0.717, 1.165) is 24.0 Å². The van der Waals surface area contributed by atoms with Crippen LogP contribution in [0.15, 0.2) is 41.8 Å². The van der Waals surface area contributed by atoms with Gasteiger partial charge in [0.1, 0.15) is 18.0 Å². The Hall–Kier alpha value is -2.47. The number of hydrogen-bond acceptors (Lipinski definition) is 5. The minimum atomic E-state index is -0.947. The maximum absolute atomic E-state index is 13.9. The lowest BCUT2D eigenvalue weighted by Crippen LogP contribution is -2.32. The largest absolute Gasteiger partial charge is 0.507 e. The molecule has 1 fully saturated rings. The number of thiophene rings is 1. The van der Waals surface area contributed by atoms with Crippen LogP contribution in [0, 0.1) is 6.92 Å². The molecule has 0 unspecified atom stereocenters. The monoisotopic (exact) mass is 384 g/mol. The third kappa shape index (κ3) is 3.95. The lowest BCUT2D eigenvalue weighted by Gasteiger charge is -2.25. The van der Waals surface area contributed by atoms with E-state index in [1.165, 1.54) is 4.88 Å². The molecular formula is C21H21FN2O2S. The van der Waals surface area contributed by atoms with Crippen molar-refractivity contribution in [3.05, 3.63) is 46.7 Å². The van der Waals surface area contributed by atoms with E-state index in [0.29, 0.717) is 30.0 Å². The van der Waals surface area contributed by atoms with Crippen molar-refractivity contribution in [3.8, 4) is 34.0 Å². The molecule has 2 atom stereocenters. The van der Waals surface area contributed by atoms with Crippen molar-refractivity contribution in [2.75, 3.05) is 0 Å². The Labute approximate surface area is 161 Å². The molecule has 0 saturated heterocycles. The fraction of sp³-hybridized carbons (Fsp3) is 0.333. The molecule has 1 aromatic carbocycles. The Kier molecular flexibility index (Phi) is 5.07. The zero-order chi connectivity index (χ0) is 18.8. The third-order valence-electron chi connectivity index (χ3n) is 4.87. The Morgan fingerprint density at radius 3 is 2.59 bits per heavy atom. The van der Waals surface area contributed by atoms with E-state index in [1.54, 1.807) is 29.5 Å². The van der Waals surface area contributed by atoms with E-state index >= 15 is 0 Å². The van der Waals surface area contributed by atoms with Gasteiger partial charge in [-0.3, -0.25) is 0 Å². The second-order valence-electron chi connectivity index (χ2n) is 6.89. The summed E-state index contributed by atoms with van der Waals surface area (Å²) in [6.45, 7) is 2.06. The number of halogens is 1. The SMILES string of the molecule is Cc1cc(-c2ccc(-c3ccc(O[C@H]4CCCC[C@H]4F)nn3)c(O)c2)cs1. The highest BCUT2D eigenvalue weighted by atomic mass is 32.1. The molecule has 0 aliphatic heterocycles. The number of rotatable bonds is 4. The normalized spacial score (nSPS) is 19.8. The zero-order valence-corrected chi connectivity index (χ0v) is 15.9. The number of nitrogens with zero attached hydrogens (tertiary/aromatic N) is 2. The molecule has 0 bridgehead atoms. The van der Waals surface area contributed by atoms with Crippen LogP contribution in [-0.4, -0.2) is 27.6 Å². The molecule has 0 amide bonds. The number of aromatic nitrogens is 2. The summed E-state index contributed by atoms with van der Waals surface area (Å²) in [7, 11) is 0. The predicted molar refractivity (Wildman–Crippen MR) is 105 cm³/mol. The van der Waals surface area contributed by atoms with Crippen LogP contribution in [0.2, 0.25) is 0 Å². The van der Waals surface area contributed by atoms with Gasteiger partial charge in [-0.25, -0.2) is 4.39 Å². The van der Waals surface area contributed by atoms with Crippen LogP contribution in [0.1, 0.15) is 30.6 Å². The highest BCUT2D eigenvalue weighted by Crippen LogP contribution is 2.34. The lowest BCUT2D eigenvalue weighted by molar-refractivity contribution is 0.0594. The second-order valence-corrected chi connectivity index (χ2v) is 8.01. The third-order valence-corrected chi connectivity index (χ3v) is 5.73. The Bertz CT molecular complexity index is 926. The number of phenols is 1. The number of benzene rings is 1. The molecule has 4 nitrogen and oxygen atoms in total. The Morgan fingerprint density at radius 1 is 1.07 bits per heavy atom. The van der Waals surface area contributed by atoms with E-state index in [4.69, 9.17) is 4.74 Å². The van der Waals surface area contributed by atoms with Crippen LogP contribution in [0.5, 0.6) is 11.6 Å². The van der Waals surface area contributed by atoms with Gasteiger partial charge in [0, 0.05) is 16.5 Å². The van der Waals surface area contributed by atoms with Crippen molar-refractivity contribution < 1.29 is 14.2 Å². The molecule has 1 saturated carbocycles. The van der Waals surface area contributed by atoms with E-state index < -0.39 is 12.3 Å². The highest BCUT2D eigenvalue weighted by Gasteiger charge is 2.26. The van der Waals surface area contributed by atoms with E-state index in [9.17, 15) is 9.50 Å². The van der Waals surface area contributed by atoms with Crippen molar-refractivity contribution >= 4 is 11.3 Å². The first-order valence-electron chi connectivity index (χ1n) is 9.13. The van der Waals surface area contributed by atoms with Gasteiger partial charge in [-0.05, 0) is 67.0 Å². The summed E-state index contributed by atoms with van der Waals surface area (Å²) in [6.07, 6.45) is 1.74. The van der Waals surface area contributed by atoms with E-state index in [-0.39, 0.29) is 5.75 Å². The van der Waals surface area contributed by atoms with Crippen molar-refractivity contribution in [2.45, 2.75) is 44.9 Å². The van der Waals surface area contributed by atoms with Crippen LogP contribution in [-0.2, 0) is 0 Å². The predicted octanol–water partition coefficient (Wildman–Crippen LogP) is 5.55. The quantitative estimate of drug-likeness (QED) is 0.641. The summed E-state index contributed by atoms with van der Waals surface area (Å²) in [5, 5.41) is 20.7. The van der Waals surface area contributed by atoms with Crippen LogP contribution in [0.4, 0.5) is 4.39 Å². The molecule has 4 rings (SSSR count). The van der Waals surface area contributed by atoms with Gasteiger partial charge in [0.05, 0.1) is 5.69 Å². The molecule has 1 N–H and O–H groups in total. The minimum Gasteiger partial charge on any atom is -0.507 e.